The van der Waals surface area contributed by atoms with Gasteiger partial charge in [-0.05, 0) is 34.9 Å². The fraction of sp³-hybridized carbons (Fsp3) is 0.226. The summed E-state index contributed by atoms with van der Waals surface area (Å²) < 4.78 is 0. The highest BCUT2D eigenvalue weighted by atomic mass is 16.3. The summed E-state index contributed by atoms with van der Waals surface area (Å²) in [5.41, 5.74) is 4.96. The first-order valence-electron chi connectivity index (χ1n) is 11.9. The maximum atomic E-state index is 11.6. The summed E-state index contributed by atoms with van der Waals surface area (Å²) in [6, 6.07) is 24.8. The number of hydrogen-bond donors (Lipinski definition) is 2. The predicted molar refractivity (Wildman–Crippen MR) is 147 cm³/mol. The fourth-order valence-corrected chi connectivity index (χ4v) is 4.51. The number of phenols is 1. The van der Waals surface area contributed by atoms with Crippen molar-refractivity contribution in [3.05, 3.63) is 119 Å². The first kappa shape index (κ1) is 24.2. The van der Waals surface area contributed by atoms with Gasteiger partial charge >= 0.3 is 0 Å². The molecule has 0 saturated heterocycles. The molecule has 35 heavy (non-hydrogen) atoms. The van der Waals surface area contributed by atoms with E-state index in [0.717, 1.165) is 16.7 Å². The van der Waals surface area contributed by atoms with Crippen LogP contribution in [0.5, 0.6) is 5.75 Å². The van der Waals surface area contributed by atoms with Gasteiger partial charge in [0.05, 0.1) is 5.71 Å². The van der Waals surface area contributed by atoms with Gasteiger partial charge in [-0.2, -0.15) is 5.10 Å². The minimum Gasteiger partial charge on any atom is -0.505 e. The van der Waals surface area contributed by atoms with Gasteiger partial charge in [0.2, 0.25) is 0 Å². The van der Waals surface area contributed by atoms with Crippen molar-refractivity contribution in [3.8, 4) is 5.75 Å². The van der Waals surface area contributed by atoms with Gasteiger partial charge < -0.3 is 5.11 Å². The summed E-state index contributed by atoms with van der Waals surface area (Å²) in [6.45, 7) is 8.68. The molecule has 0 atom stereocenters. The Balaban J connectivity index is 1.92. The third-order valence-corrected chi connectivity index (χ3v) is 6.99. The van der Waals surface area contributed by atoms with E-state index in [1.807, 2.05) is 55.6 Å². The molecule has 4 rings (SSSR count). The molecule has 3 aromatic carbocycles. The van der Waals surface area contributed by atoms with E-state index in [1.54, 1.807) is 11.1 Å². The Morgan fingerprint density at radius 2 is 1.29 bits per heavy atom. The van der Waals surface area contributed by atoms with Crippen molar-refractivity contribution in [1.29, 1.82) is 5.41 Å². The molecule has 0 bridgehead atoms. The molecular formula is C31H33N3O. The summed E-state index contributed by atoms with van der Waals surface area (Å²) in [4.78, 5) is 0. The third kappa shape index (κ3) is 4.69. The van der Waals surface area contributed by atoms with Crippen LogP contribution >= 0.6 is 0 Å². The average molecular weight is 464 g/mol. The van der Waals surface area contributed by atoms with Crippen LogP contribution < -0.4 is 5.01 Å². The lowest BCUT2D eigenvalue weighted by atomic mass is 9.72. The molecule has 0 radical (unpaired) electrons. The Labute approximate surface area is 208 Å². The van der Waals surface area contributed by atoms with Crippen molar-refractivity contribution in [3.63, 3.8) is 0 Å². The highest BCUT2D eigenvalue weighted by Gasteiger charge is 2.32. The molecule has 0 heterocycles. The number of aromatic hydroxyl groups is 1. The van der Waals surface area contributed by atoms with Crippen LogP contribution in [-0.4, -0.2) is 23.6 Å². The lowest BCUT2D eigenvalue weighted by Crippen LogP contribution is -2.25. The second-order valence-electron chi connectivity index (χ2n) is 10.0. The zero-order chi connectivity index (χ0) is 25.2. The lowest BCUT2D eigenvalue weighted by molar-refractivity contribution is 0.451. The van der Waals surface area contributed by atoms with Crippen molar-refractivity contribution >= 4 is 17.1 Å². The predicted octanol–water partition coefficient (Wildman–Crippen LogP) is 6.98. The van der Waals surface area contributed by atoms with E-state index < -0.39 is 5.41 Å². The molecule has 178 valence electrons. The maximum Gasteiger partial charge on any atom is 0.144 e. The summed E-state index contributed by atoms with van der Waals surface area (Å²) in [7, 11) is 1.82. The normalized spacial score (nSPS) is 15.0. The number of nitrogens with zero attached hydrogens (tertiary/aromatic N) is 2. The van der Waals surface area contributed by atoms with E-state index in [1.165, 1.54) is 5.56 Å². The number of benzene rings is 3. The van der Waals surface area contributed by atoms with E-state index in [9.17, 15) is 5.11 Å². The maximum absolute atomic E-state index is 11.6. The minimum absolute atomic E-state index is 0.195. The Morgan fingerprint density at radius 1 is 0.743 bits per heavy atom. The third-order valence-electron chi connectivity index (χ3n) is 6.99. The molecule has 0 spiro atoms. The highest BCUT2D eigenvalue weighted by molar-refractivity contribution is 6.50. The van der Waals surface area contributed by atoms with Crippen LogP contribution in [0.1, 0.15) is 49.9 Å². The monoisotopic (exact) mass is 463 g/mol. The molecule has 4 nitrogen and oxygen atoms in total. The van der Waals surface area contributed by atoms with Crippen LogP contribution in [0.2, 0.25) is 0 Å². The Kier molecular flexibility index (Phi) is 6.49. The number of hydrogen-bond acceptors (Lipinski definition) is 4. The second-order valence-corrected chi connectivity index (χ2v) is 10.0. The smallest absolute Gasteiger partial charge is 0.144 e. The topological polar surface area (TPSA) is 59.7 Å². The molecule has 2 N–H and O–H groups in total. The average Bonchev–Trinajstić information content (AvgIpc) is 2.86. The fourth-order valence-electron chi connectivity index (χ4n) is 4.51. The molecule has 0 amide bonds. The van der Waals surface area contributed by atoms with Gasteiger partial charge in [0.1, 0.15) is 17.1 Å². The van der Waals surface area contributed by atoms with E-state index in [0.29, 0.717) is 17.1 Å². The first-order valence-corrected chi connectivity index (χ1v) is 11.9. The first-order chi connectivity index (χ1) is 16.6. The van der Waals surface area contributed by atoms with Gasteiger partial charge in [0.15, 0.2) is 0 Å². The van der Waals surface area contributed by atoms with Crippen molar-refractivity contribution in [1.82, 2.24) is 0 Å². The van der Waals surface area contributed by atoms with E-state index in [4.69, 9.17) is 5.41 Å². The Morgan fingerprint density at radius 3 is 1.86 bits per heavy atom. The lowest BCUT2D eigenvalue weighted by Gasteiger charge is -2.33. The number of phenolic OH excluding ortho intramolecular Hbond substituents is 1. The van der Waals surface area contributed by atoms with Crippen LogP contribution in [0.4, 0.5) is 5.69 Å². The molecule has 1 aliphatic rings. The molecule has 0 fully saturated rings. The molecule has 4 heteroatoms. The number of rotatable bonds is 6. The minimum atomic E-state index is -0.447. The molecule has 3 aromatic rings. The van der Waals surface area contributed by atoms with Gasteiger partial charge in [-0.1, -0.05) is 107 Å². The standard InChI is InChI=1S/C31H33N3O/c1-30(2,22-14-8-6-9-15-22)24-20-25(31(3,4)23-16-10-7-11-17-23)29(35)28(21-24)34(5)33-27-19-13-12-18-26(27)32/h6-21,32,35H,1-5H3. The molecular weight excluding hydrogens is 430 g/mol. The van der Waals surface area contributed by atoms with Crippen LogP contribution in [0.25, 0.3) is 0 Å². The summed E-state index contributed by atoms with van der Waals surface area (Å²) >= 11 is 0. The van der Waals surface area contributed by atoms with Gasteiger partial charge in [0, 0.05) is 23.4 Å². The highest BCUT2D eigenvalue weighted by Crippen LogP contribution is 2.45. The summed E-state index contributed by atoms with van der Waals surface area (Å²) in [5.74, 6) is 0.195. The van der Waals surface area contributed by atoms with E-state index >= 15 is 0 Å². The van der Waals surface area contributed by atoms with Crippen molar-refractivity contribution < 1.29 is 5.11 Å². The van der Waals surface area contributed by atoms with Gasteiger partial charge in [0.25, 0.3) is 0 Å². The summed E-state index contributed by atoms with van der Waals surface area (Å²) in [5, 5.41) is 26.2. The molecule has 0 saturated carbocycles. The Hall–Kier alpha value is -3.92. The van der Waals surface area contributed by atoms with Crippen molar-refractivity contribution in [2.45, 2.75) is 38.5 Å². The molecule has 0 aliphatic heterocycles. The van der Waals surface area contributed by atoms with E-state index in [2.05, 4.69) is 75.3 Å². The molecule has 0 unspecified atom stereocenters. The van der Waals surface area contributed by atoms with Crippen molar-refractivity contribution in [2.24, 2.45) is 5.10 Å². The number of nitrogens with one attached hydrogen (secondary N) is 1. The SMILES string of the molecule is CN(N=C1C=CC=CC1=N)c1cc(C(C)(C)c2ccccc2)cc(C(C)(C)c2ccccc2)c1O. The Bertz CT molecular complexity index is 1320. The largest absolute Gasteiger partial charge is 0.505 e. The van der Waals surface area contributed by atoms with Crippen molar-refractivity contribution in [2.75, 3.05) is 12.1 Å². The van der Waals surface area contributed by atoms with Crippen LogP contribution in [0.3, 0.4) is 0 Å². The number of anilines is 1. The van der Waals surface area contributed by atoms with Crippen LogP contribution in [-0.2, 0) is 10.8 Å². The summed E-state index contributed by atoms with van der Waals surface area (Å²) in [6.07, 6.45) is 7.21. The van der Waals surface area contributed by atoms with Gasteiger partial charge in [-0.25, -0.2) is 0 Å². The quantitative estimate of drug-likeness (QED) is 0.306. The van der Waals surface area contributed by atoms with Crippen LogP contribution in [0.15, 0.2) is 102 Å². The number of hydrazone groups is 1. The van der Waals surface area contributed by atoms with Crippen LogP contribution in [0, 0.1) is 5.41 Å². The van der Waals surface area contributed by atoms with Gasteiger partial charge in [-0.3, -0.25) is 10.4 Å². The second kappa shape index (κ2) is 9.38. The molecule has 1 aliphatic carbocycles. The van der Waals surface area contributed by atoms with E-state index in [-0.39, 0.29) is 11.2 Å². The number of allylic oxidation sites excluding steroid dienone is 4. The molecule has 0 aromatic heterocycles. The zero-order valence-electron chi connectivity index (χ0n) is 21.1. The van der Waals surface area contributed by atoms with Gasteiger partial charge in [-0.15, -0.1) is 0 Å². The zero-order valence-corrected chi connectivity index (χ0v) is 21.1.